The largest absolute Gasteiger partial charge is 0.497 e. The summed E-state index contributed by atoms with van der Waals surface area (Å²) in [5.41, 5.74) is 5.55. The van der Waals surface area contributed by atoms with Crippen LogP contribution in [0.1, 0.15) is 17.0 Å². The number of ether oxygens (including phenoxy) is 1. The molecule has 0 N–H and O–H groups in total. The first kappa shape index (κ1) is 15.1. The van der Waals surface area contributed by atoms with Crippen molar-refractivity contribution >= 4 is 11.9 Å². The predicted molar refractivity (Wildman–Crippen MR) is 95.5 cm³/mol. The molecular weight excluding hydrogens is 284 g/mol. The van der Waals surface area contributed by atoms with Gasteiger partial charge in [0.05, 0.1) is 12.8 Å². The molecule has 116 valence electrons. The summed E-state index contributed by atoms with van der Waals surface area (Å²) in [6.45, 7) is 4.23. The lowest BCUT2D eigenvalue weighted by atomic mass is 10.2. The zero-order valence-corrected chi connectivity index (χ0v) is 13.7. The van der Waals surface area contributed by atoms with E-state index in [-0.39, 0.29) is 0 Å². The van der Waals surface area contributed by atoms with Gasteiger partial charge >= 0.3 is 0 Å². The second kappa shape index (κ2) is 6.53. The molecule has 0 bridgehead atoms. The van der Waals surface area contributed by atoms with Crippen molar-refractivity contribution < 1.29 is 4.74 Å². The molecule has 0 aliphatic carbocycles. The van der Waals surface area contributed by atoms with Gasteiger partial charge < -0.3 is 9.30 Å². The predicted octanol–water partition coefficient (Wildman–Crippen LogP) is 4.85. The summed E-state index contributed by atoms with van der Waals surface area (Å²) >= 11 is 0. The highest BCUT2D eigenvalue weighted by atomic mass is 16.5. The fraction of sp³-hybridized carbons (Fsp3) is 0.150. The van der Waals surface area contributed by atoms with Gasteiger partial charge in [-0.3, -0.25) is 4.99 Å². The van der Waals surface area contributed by atoms with Crippen molar-refractivity contribution in [1.29, 1.82) is 0 Å². The summed E-state index contributed by atoms with van der Waals surface area (Å²) in [4.78, 5) is 4.58. The van der Waals surface area contributed by atoms with Crippen LogP contribution in [0.2, 0.25) is 0 Å². The number of aryl methyl sites for hydroxylation is 1. The van der Waals surface area contributed by atoms with Gasteiger partial charge in [-0.25, -0.2) is 0 Å². The second-order valence-corrected chi connectivity index (χ2v) is 5.46. The molecule has 1 aromatic heterocycles. The average molecular weight is 304 g/mol. The first-order valence-corrected chi connectivity index (χ1v) is 7.61. The minimum atomic E-state index is 0.814. The van der Waals surface area contributed by atoms with Crippen LogP contribution in [0.15, 0.2) is 65.7 Å². The van der Waals surface area contributed by atoms with Crippen LogP contribution in [0.4, 0.5) is 5.69 Å². The van der Waals surface area contributed by atoms with E-state index in [0.29, 0.717) is 0 Å². The van der Waals surface area contributed by atoms with Crippen LogP contribution in [0.25, 0.3) is 5.69 Å². The standard InChI is InChI=1S/C20H20N2O/c1-15-12-17(14-21-18-8-7-11-20(13-18)23-3)16(2)22(15)19-9-5-4-6-10-19/h4-14H,1-3H3. The quantitative estimate of drug-likeness (QED) is 0.633. The van der Waals surface area contributed by atoms with Crippen LogP contribution < -0.4 is 4.74 Å². The number of hydrogen-bond acceptors (Lipinski definition) is 2. The first-order chi connectivity index (χ1) is 11.2. The summed E-state index contributed by atoms with van der Waals surface area (Å²) < 4.78 is 7.48. The molecule has 0 saturated carbocycles. The van der Waals surface area contributed by atoms with Crippen molar-refractivity contribution in [3.05, 3.63) is 77.6 Å². The maximum Gasteiger partial charge on any atom is 0.121 e. The van der Waals surface area contributed by atoms with Crippen LogP contribution in [-0.2, 0) is 0 Å². The molecule has 1 heterocycles. The minimum absolute atomic E-state index is 0.814. The van der Waals surface area contributed by atoms with Crippen LogP contribution >= 0.6 is 0 Å². The Hall–Kier alpha value is -2.81. The highest BCUT2D eigenvalue weighted by molar-refractivity contribution is 5.84. The van der Waals surface area contributed by atoms with Crippen LogP contribution in [0.5, 0.6) is 5.75 Å². The van der Waals surface area contributed by atoms with Crippen molar-refractivity contribution in [1.82, 2.24) is 4.57 Å². The molecule has 3 nitrogen and oxygen atoms in total. The number of benzene rings is 2. The van der Waals surface area contributed by atoms with E-state index in [0.717, 1.165) is 17.0 Å². The van der Waals surface area contributed by atoms with Gasteiger partial charge in [0, 0.05) is 34.9 Å². The maximum absolute atomic E-state index is 5.23. The molecule has 0 radical (unpaired) electrons. The number of nitrogens with zero attached hydrogens (tertiary/aromatic N) is 2. The monoisotopic (exact) mass is 304 g/mol. The van der Waals surface area contributed by atoms with E-state index >= 15 is 0 Å². The van der Waals surface area contributed by atoms with E-state index < -0.39 is 0 Å². The van der Waals surface area contributed by atoms with Crippen molar-refractivity contribution in [2.75, 3.05) is 7.11 Å². The molecule has 0 atom stereocenters. The molecule has 0 saturated heterocycles. The van der Waals surface area contributed by atoms with E-state index in [1.165, 1.54) is 17.1 Å². The van der Waals surface area contributed by atoms with Gasteiger partial charge in [0.1, 0.15) is 5.75 Å². The number of para-hydroxylation sites is 1. The molecule has 2 aromatic carbocycles. The van der Waals surface area contributed by atoms with Crippen LogP contribution in [0, 0.1) is 13.8 Å². The van der Waals surface area contributed by atoms with E-state index in [4.69, 9.17) is 4.74 Å². The number of methoxy groups -OCH3 is 1. The number of aromatic nitrogens is 1. The van der Waals surface area contributed by atoms with Crippen molar-refractivity contribution in [2.45, 2.75) is 13.8 Å². The topological polar surface area (TPSA) is 26.5 Å². The molecule has 0 aliphatic heterocycles. The van der Waals surface area contributed by atoms with Gasteiger partial charge in [-0.05, 0) is 44.2 Å². The smallest absolute Gasteiger partial charge is 0.121 e. The molecule has 3 aromatic rings. The van der Waals surface area contributed by atoms with Gasteiger partial charge in [0.15, 0.2) is 0 Å². The molecule has 0 aliphatic rings. The molecular formula is C20H20N2O. The van der Waals surface area contributed by atoms with E-state index in [1.54, 1.807) is 7.11 Å². The minimum Gasteiger partial charge on any atom is -0.497 e. The highest BCUT2D eigenvalue weighted by Gasteiger charge is 2.08. The Kier molecular flexibility index (Phi) is 4.29. The summed E-state index contributed by atoms with van der Waals surface area (Å²) in [5.74, 6) is 0.814. The van der Waals surface area contributed by atoms with E-state index in [9.17, 15) is 0 Å². The molecule has 23 heavy (non-hydrogen) atoms. The third kappa shape index (κ3) is 3.19. The van der Waals surface area contributed by atoms with Gasteiger partial charge in [-0.2, -0.15) is 0 Å². The lowest BCUT2D eigenvalue weighted by Gasteiger charge is -2.08. The van der Waals surface area contributed by atoms with E-state index in [1.807, 2.05) is 36.5 Å². The Bertz CT molecular complexity index is 832. The Balaban J connectivity index is 1.94. The normalized spacial score (nSPS) is 11.1. The van der Waals surface area contributed by atoms with E-state index in [2.05, 4.69) is 53.7 Å². The number of rotatable bonds is 4. The first-order valence-electron chi connectivity index (χ1n) is 7.61. The lowest BCUT2D eigenvalue weighted by molar-refractivity contribution is 0.415. The maximum atomic E-state index is 5.23. The zero-order chi connectivity index (χ0) is 16.2. The van der Waals surface area contributed by atoms with Gasteiger partial charge in [0.25, 0.3) is 0 Å². The fourth-order valence-corrected chi connectivity index (χ4v) is 2.73. The average Bonchev–Trinajstić information content (AvgIpc) is 2.88. The summed E-state index contributed by atoms with van der Waals surface area (Å²) in [6, 6.07) is 20.3. The van der Waals surface area contributed by atoms with Crippen LogP contribution in [-0.4, -0.2) is 17.9 Å². The molecule has 3 heteroatoms. The SMILES string of the molecule is COc1cccc(N=Cc2cc(C)n(-c3ccccc3)c2C)c1. The molecule has 3 rings (SSSR count). The lowest BCUT2D eigenvalue weighted by Crippen LogP contribution is -1.98. The summed E-state index contributed by atoms with van der Waals surface area (Å²) in [7, 11) is 1.66. The van der Waals surface area contributed by atoms with Gasteiger partial charge in [-0.15, -0.1) is 0 Å². The Labute approximate surface area is 136 Å². The molecule has 0 spiro atoms. The molecule has 0 fully saturated rings. The zero-order valence-electron chi connectivity index (χ0n) is 13.7. The van der Waals surface area contributed by atoms with Crippen molar-refractivity contribution in [3.63, 3.8) is 0 Å². The third-order valence-electron chi connectivity index (χ3n) is 3.89. The Morgan fingerprint density at radius 3 is 2.48 bits per heavy atom. The molecule has 0 amide bonds. The van der Waals surface area contributed by atoms with Crippen molar-refractivity contribution in [3.8, 4) is 11.4 Å². The van der Waals surface area contributed by atoms with Gasteiger partial charge in [-0.1, -0.05) is 24.3 Å². The second-order valence-electron chi connectivity index (χ2n) is 5.46. The number of aliphatic imine (C=N–C) groups is 1. The number of hydrogen-bond donors (Lipinski definition) is 0. The Morgan fingerprint density at radius 2 is 1.74 bits per heavy atom. The fourth-order valence-electron chi connectivity index (χ4n) is 2.73. The highest BCUT2D eigenvalue weighted by Crippen LogP contribution is 2.22. The third-order valence-corrected chi connectivity index (χ3v) is 3.89. The Morgan fingerprint density at radius 1 is 0.957 bits per heavy atom. The van der Waals surface area contributed by atoms with Crippen LogP contribution in [0.3, 0.4) is 0 Å². The molecule has 0 unspecified atom stereocenters. The van der Waals surface area contributed by atoms with Gasteiger partial charge in [0.2, 0.25) is 0 Å². The summed E-state index contributed by atoms with van der Waals surface area (Å²) in [5, 5.41) is 0. The summed E-state index contributed by atoms with van der Waals surface area (Å²) in [6.07, 6.45) is 1.91. The van der Waals surface area contributed by atoms with Crippen molar-refractivity contribution in [2.24, 2.45) is 4.99 Å².